The predicted octanol–water partition coefficient (Wildman–Crippen LogP) is 4.08. The van der Waals surface area contributed by atoms with Crippen LogP contribution in [0.15, 0.2) is 53.3 Å². The van der Waals surface area contributed by atoms with Crippen LogP contribution >= 0.6 is 11.3 Å². The van der Waals surface area contributed by atoms with Crippen molar-refractivity contribution >= 4 is 32.6 Å². The molecule has 0 fully saturated rings. The number of hydrogen-bond donors (Lipinski definition) is 1. The fourth-order valence-electron chi connectivity index (χ4n) is 3.10. The number of aryl methyl sites for hydroxylation is 3. The van der Waals surface area contributed by atoms with Crippen LogP contribution in [0.5, 0.6) is 0 Å². The van der Waals surface area contributed by atoms with E-state index in [1.165, 1.54) is 22.1 Å². The van der Waals surface area contributed by atoms with Crippen LogP contribution in [0.3, 0.4) is 0 Å². The van der Waals surface area contributed by atoms with Gasteiger partial charge in [0.2, 0.25) is 5.91 Å². The topological polar surface area (TPSA) is 76.9 Å². The minimum Gasteiger partial charge on any atom is -0.300 e. The Kier molecular flexibility index (Phi) is 4.98. The molecule has 0 radical (unpaired) electrons. The lowest BCUT2D eigenvalue weighted by molar-refractivity contribution is -0.117. The lowest BCUT2D eigenvalue weighted by Crippen LogP contribution is -2.29. The van der Waals surface area contributed by atoms with Crippen molar-refractivity contribution in [2.45, 2.75) is 27.3 Å². The molecule has 0 aliphatic carbocycles. The molecule has 146 valence electrons. The van der Waals surface area contributed by atoms with Gasteiger partial charge in [-0.2, -0.15) is 5.10 Å². The Hall–Kier alpha value is -3.32. The number of nitrogens with one attached hydrogen (secondary N) is 1. The summed E-state index contributed by atoms with van der Waals surface area (Å²) in [4.78, 5) is 29.2. The average Bonchev–Trinajstić information content (AvgIpc) is 3.06. The lowest BCUT2D eigenvalue weighted by Gasteiger charge is -2.09. The van der Waals surface area contributed by atoms with Crippen molar-refractivity contribution < 1.29 is 4.79 Å². The van der Waals surface area contributed by atoms with Crippen molar-refractivity contribution in [3.63, 3.8) is 0 Å². The molecule has 4 aromatic rings. The summed E-state index contributed by atoms with van der Waals surface area (Å²) in [6.45, 7) is 5.84. The van der Waals surface area contributed by atoms with E-state index >= 15 is 0 Å². The van der Waals surface area contributed by atoms with Crippen LogP contribution in [-0.2, 0) is 11.3 Å². The van der Waals surface area contributed by atoms with E-state index in [1.54, 1.807) is 6.07 Å². The summed E-state index contributed by atoms with van der Waals surface area (Å²) in [6, 6.07) is 15.1. The van der Waals surface area contributed by atoms with E-state index in [4.69, 9.17) is 0 Å². The van der Waals surface area contributed by atoms with Crippen molar-refractivity contribution in [2.75, 3.05) is 5.32 Å². The number of fused-ring (bicyclic) bond motifs is 1. The highest BCUT2D eigenvalue weighted by atomic mass is 32.1. The number of aromatic nitrogens is 3. The molecule has 0 saturated carbocycles. The minimum absolute atomic E-state index is 0.174. The third-order valence-electron chi connectivity index (χ3n) is 4.62. The second-order valence-electron chi connectivity index (χ2n) is 7.07. The van der Waals surface area contributed by atoms with Crippen LogP contribution in [0.4, 0.5) is 5.13 Å². The zero-order valence-electron chi connectivity index (χ0n) is 16.4. The summed E-state index contributed by atoms with van der Waals surface area (Å²) in [5.74, 6) is -0.339. The molecule has 0 unspecified atom stereocenters. The summed E-state index contributed by atoms with van der Waals surface area (Å²) in [6.07, 6.45) is 0. The lowest BCUT2D eigenvalue weighted by atomic mass is 10.0. The number of amides is 1. The monoisotopic (exact) mass is 404 g/mol. The molecule has 4 rings (SSSR count). The number of benzene rings is 2. The zero-order chi connectivity index (χ0) is 20.5. The summed E-state index contributed by atoms with van der Waals surface area (Å²) < 4.78 is 2.19. The van der Waals surface area contributed by atoms with Gasteiger partial charge in [-0.05, 0) is 56.2 Å². The number of carbonyl (C=O) groups excluding carboxylic acids is 1. The maximum Gasteiger partial charge on any atom is 0.267 e. The normalized spacial score (nSPS) is 11.0. The van der Waals surface area contributed by atoms with Gasteiger partial charge in [0.1, 0.15) is 6.54 Å². The molecule has 0 spiro atoms. The third-order valence-corrected chi connectivity index (χ3v) is 5.55. The Bertz CT molecular complexity index is 1290. The Labute approximate surface area is 171 Å². The number of anilines is 1. The van der Waals surface area contributed by atoms with Crippen molar-refractivity contribution in [1.82, 2.24) is 14.8 Å². The van der Waals surface area contributed by atoms with E-state index in [2.05, 4.69) is 15.4 Å². The van der Waals surface area contributed by atoms with E-state index in [-0.39, 0.29) is 18.0 Å². The van der Waals surface area contributed by atoms with Crippen molar-refractivity contribution in [2.24, 2.45) is 0 Å². The molecule has 0 saturated heterocycles. The molecule has 2 heterocycles. The average molecular weight is 404 g/mol. The maximum atomic E-state index is 12.5. The Morgan fingerprint density at radius 2 is 1.79 bits per heavy atom. The van der Waals surface area contributed by atoms with Gasteiger partial charge in [0.05, 0.1) is 15.9 Å². The summed E-state index contributed by atoms with van der Waals surface area (Å²) in [7, 11) is 0. The fourth-order valence-corrected chi connectivity index (χ4v) is 4.08. The first kappa shape index (κ1) is 19.0. The fraction of sp³-hybridized carbons (Fsp3) is 0.182. The smallest absolute Gasteiger partial charge is 0.267 e. The first-order valence-corrected chi connectivity index (χ1v) is 10.0. The van der Waals surface area contributed by atoms with Crippen molar-refractivity contribution in [1.29, 1.82) is 0 Å². The standard InChI is InChI=1S/C22H20N4O2S/c1-13-4-6-15(3)16(10-13)17-8-9-21(28)26(25-17)12-20(27)24-22-23-18-7-5-14(2)11-19(18)29-22/h4-11H,12H2,1-3H3,(H,23,24,27). The van der Waals surface area contributed by atoms with Crippen LogP contribution in [-0.4, -0.2) is 20.7 Å². The first-order valence-electron chi connectivity index (χ1n) is 9.22. The molecular weight excluding hydrogens is 384 g/mol. The SMILES string of the molecule is Cc1ccc(C)c(-c2ccc(=O)n(CC(=O)Nc3nc4ccc(C)cc4s3)n2)c1. The van der Waals surface area contributed by atoms with Gasteiger partial charge in [-0.15, -0.1) is 0 Å². The highest BCUT2D eigenvalue weighted by Crippen LogP contribution is 2.26. The van der Waals surface area contributed by atoms with Crippen LogP contribution in [0, 0.1) is 20.8 Å². The van der Waals surface area contributed by atoms with Gasteiger partial charge in [0.25, 0.3) is 5.56 Å². The van der Waals surface area contributed by atoms with Gasteiger partial charge in [-0.1, -0.05) is 35.1 Å². The highest BCUT2D eigenvalue weighted by molar-refractivity contribution is 7.22. The highest BCUT2D eigenvalue weighted by Gasteiger charge is 2.12. The van der Waals surface area contributed by atoms with E-state index in [9.17, 15) is 9.59 Å². The van der Waals surface area contributed by atoms with Crippen LogP contribution in [0.25, 0.3) is 21.5 Å². The van der Waals surface area contributed by atoms with Gasteiger partial charge in [-0.3, -0.25) is 9.59 Å². The molecule has 2 aromatic carbocycles. The molecule has 7 heteroatoms. The van der Waals surface area contributed by atoms with Crippen LogP contribution in [0.1, 0.15) is 16.7 Å². The van der Waals surface area contributed by atoms with E-state index in [1.807, 2.05) is 57.2 Å². The Balaban J connectivity index is 1.57. The number of rotatable bonds is 4. The van der Waals surface area contributed by atoms with Crippen LogP contribution < -0.4 is 10.9 Å². The third kappa shape index (κ3) is 4.09. The molecule has 1 amide bonds. The summed E-state index contributed by atoms with van der Waals surface area (Å²) in [5, 5.41) is 7.69. The maximum absolute atomic E-state index is 12.5. The molecule has 0 bridgehead atoms. The number of nitrogens with zero attached hydrogens (tertiary/aromatic N) is 3. The first-order chi connectivity index (χ1) is 13.9. The van der Waals surface area contributed by atoms with Crippen LogP contribution in [0.2, 0.25) is 0 Å². The van der Waals surface area contributed by atoms with Gasteiger partial charge >= 0.3 is 0 Å². The second-order valence-corrected chi connectivity index (χ2v) is 8.10. The molecule has 6 nitrogen and oxygen atoms in total. The van der Waals surface area contributed by atoms with Gasteiger partial charge in [-0.25, -0.2) is 9.67 Å². The van der Waals surface area contributed by atoms with Gasteiger partial charge < -0.3 is 5.32 Å². The molecular formula is C22H20N4O2S. The quantitative estimate of drug-likeness (QED) is 0.556. The molecule has 1 N–H and O–H groups in total. The second kappa shape index (κ2) is 7.60. The number of hydrogen-bond acceptors (Lipinski definition) is 5. The summed E-state index contributed by atoms with van der Waals surface area (Å²) in [5.41, 5.74) is 5.42. The van der Waals surface area contributed by atoms with Gasteiger partial charge in [0, 0.05) is 11.6 Å². The minimum atomic E-state index is -0.339. The van der Waals surface area contributed by atoms with Crippen molar-refractivity contribution in [3.8, 4) is 11.3 Å². The van der Waals surface area contributed by atoms with E-state index in [0.29, 0.717) is 10.8 Å². The number of thiazole rings is 1. The predicted molar refractivity (Wildman–Crippen MR) is 116 cm³/mol. The molecule has 29 heavy (non-hydrogen) atoms. The zero-order valence-corrected chi connectivity index (χ0v) is 17.2. The number of carbonyl (C=O) groups is 1. The Morgan fingerprint density at radius 3 is 2.62 bits per heavy atom. The van der Waals surface area contributed by atoms with E-state index < -0.39 is 0 Å². The molecule has 2 aromatic heterocycles. The van der Waals surface area contributed by atoms with Crippen molar-refractivity contribution in [3.05, 3.63) is 75.6 Å². The van der Waals surface area contributed by atoms with E-state index in [0.717, 1.165) is 32.5 Å². The molecule has 0 aliphatic heterocycles. The Morgan fingerprint density at radius 1 is 1.03 bits per heavy atom. The van der Waals surface area contributed by atoms with Gasteiger partial charge in [0.15, 0.2) is 5.13 Å². The molecule has 0 atom stereocenters. The largest absolute Gasteiger partial charge is 0.300 e. The summed E-state index contributed by atoms with van der Waals surface area (Å²) >= 11 is 1.41. The molecule has 0 aliphatic rings.